The summed E-state index contributed by atoms with van der Waals surface area (Å²) in [6.07, 6.45) is 2.69. The molecule has 0 unspecified atom stereocenters. The van der Waals surface area contributed by atoms with Crippen LogP contribution in [0, 0.1) is 6.92 Å². The van der Waals surface area contributed by atoms with Crippen LogP contribution in [0.3, 0.4) is 0 Å². The molecule has 1 heterocycles. The zero-order valence-electron chi connectivity index (χ0n) is 6.43. The van der Waals surface area contributed by atoms with Crippen LogP contribution in [0.5, 0.6) is 0 Å². The number of aromatic nitrogens is 2. The number of anilines is 1. The van der Waals surface area contributed by atoms with Gasteiger partial charge in [-0.3, -0.25) is 0 Å². The van der Waals surface area contributed by atoms with Crippen molar-refractivity contribution in [3.05, 3.63) is 17.6 Å². The summed E-state index contributed by atoms with van der Waals surface area (Å²) in [5.74, 6) is 0.910. The van der Waals surface area contributed by atoms with Crippen molar-refractivity contribution in [2.24, 2.45) is 5.16 Å². The molecule has 0 fully saturated rings. The minimum absolute atomic E-state index is 0. The summed E-state index contributed by atoms with van der Waals surface area (Å²) in [5.41, 5.74) is 5.97. The zero-order chi connectivity index (χ0) is 8.27. The molecule has 0 amide bonds. The zero-order valence-corrected chi connectivity index (χ0v) is 7.25. The van der Waals surface area contributed by atoms with E-state index in [1.54, 1.807) is 6.92 Å². The Kier molecular flexibility index (Phi) is 3.99. The Balaban J connectivity index is 0.00000121. The number of hydrogen-bond donors (Lipinski definition) is 2. The van der Waals surface area contributed by atoms with Crippen molar-refractivity contribution in [3.63, 3.8) is 0 Å². The van der Waals surface area contributed by atoms with E-state index in [2.05, 4.69) is 15.1 Å². The van der Waals surface area contributed by atoms with Gasteiger partial charge in [-0.15, -0.1) is 12.4 Å². The van der Waals surface area contributed by atoms with Crippen LogP contribution in [-0.2, 0) is 0 Å². The maximum Gasteiger partial charge on any atom is 0.136 e. The molecule has 0 atom stereocenters. The molecule has 0 spiro atoms. The number of oxime groups is 1. The first-order chi connectivity index (χ1) is 5.24. The summed E-state index contributed by atoms with van der Waals surface area (Å²) in [7, 11) is 0. The maximum atomic E-state index is 8.17. The molecule has 0 saturated carbocycles. The summed E-state index contributed by atoms with van der Waals surface area (Å²) >= 11 is 0. The number of aryl methyl sites for hydroxylation is 1. The summed E-state index contributed by atoms with van der Waals surface area (Å²) < 4.78 is 0. The smallest absolute Gasteiger partial charge is 0.136 e. The van der Waals surface area contributed by atoms with E-state index in [9.17, 15) is 0 Å². The Morgan fingerprint density at radius 2 is 2.33 bits per heavy atom. The van der Waals surface area contributed by atoms with Crippen LogP contribution in [0.2, 0.25) is 0 Å². The van der Waals surface area contributed by atoms with Gasteiger partial charge in [0, 0.05) is 6.20 Å². The first-order valence-electron chi connectivity index (χ1n) is 3.00. The third-order valence-corrected chi connectivity index (χ3v) is 1.17. The molecule has 6 heteroatoms. The SMILES string of the molecule is Cc1ncc(C=NO)c(N)n1.Cl. The van der Waals surface area contributed by atoms with E-state index >= 15 is 0 Å². The molecule has 0 aliphatic carbocycles. The molecule has 0 bridgehead atoms. The van der Waals surface area contributed by atoms with Crippen molar-refractivity contribution >= 4 is 24.4 Å². The van der Waals surface area contributed by atoms with Crippen LogP contribution in [-0.4, -0.2) is 21.4 Å². The Morgan fingerprint density at radius 1 is 1.67 bits per heavy atom. The van der Waals surface area contributed by atoms with Crippen molar-refractivity contribution in [1.82, 2.24) is 9.97 Å². The second-order valence-corrected chi connectivity index (χ2v) is 2.00. The summed E-state index contributed by atoms with van der Waals surface area (Å²) in [6.45, 7) is 1.73. The third kappa shape index (κ3) is 2.35. The Hall–Kier alpha value is -1.36. The monoisotopic (exact) mass is 188 g/mol. The van der Waals surface area contributed by atoms with Gasteiger partial charge < -0.3 is 10.9 Å². The van der Waals surface area contributed by atoms with Crippen molar-refractivity contribution in [2.75, 3.05) is 5.73 Å². The predicted molar refractivity (Wildman–Crippen MR) is 47.8 cm³/mol. The molecule has 5 nitrogen and oxygen atoms in total. The van der Waals surface area contributed by atoms with E-state index in [-0.39, 0.29) is 12.4 Å². The van der Waals surface area contributed by atoms with E-state index in [0.717, 1.165) is 0 Å². The van der Waals surface area contributed by atoms with Crippen LogP contribution in [0.4, 0.5) is 5.82 Å². The second kappa shape index (κ2) is 4.50. The quantitative estimate of drug-likeness (QED) is 0.384. The van der Waals surface area contributed by atoms with Crippen LogP contribution in [0.15, 0.2) is 11.4 Å². The van der Waals surface area contributed by atoms with Gasteiger partial charge in [0.2, 0.25) is 0 Å². The molecule has 66 valence electrons. The fraction of sp³-hybridized carbons (Fsp3) is 0.167. The van der Waals surface area contributed by atoms with Crippen LogP contribution in [0.1, 0.15) is 11.4 Å². The normalized spacial score (nSPS) is 9.75. The van der Waals surface area contributed by atoms with Gasteiger partial charge in [-0.05, 0) is 6.92 Å². The van der Waals surface area contributed by atoms with Gasteiger partial charge >= 0.3 is 0 Å². The van der Waals surface area contributed by atoms with Crippen molar-refractivity contribution in [2.45, 2.75) is 6.92 Å². The van der Waals surface area contributed by atoms with Gasteiger partial charge in [0.05, 0.1) is 11.8 Å². The first-order valence-corrected chi connectivity index (χ1v) is 3.00. The lowest BCUT2D eigenvalue weighted by atomic mass is 10.3. The molecule has 1 aromatic heterocycles. The second-order valence-electron chi connectivity index (χ2n) is 2.00. The Bertz CT molecular complexity index is 289. The first kappa shape index (κ1) is 10.6. The molecule has 0 radical (unpaired) electrons. The lowest BCUT2D eigenvalue weighted by molar-refractivity contribution is 0.322. The highest BCUT2D eigenvalue weighted by Crippen LogP contribution is 2.02. The topological polar surface area (TPSA) is 84.4 Å². The lowest BCUT2D eigenvalue weighted by Gasteiger charge is -1.97. The average Bonchev–Trinajstić information content (AvgIpc) is 1.95. The molecular weight excluding hydrogens is 180 g/mol. The molecule has 1 aromatic rings. The third-order valence-electron chi connectivity index (χ3n) is 1.17. The van der Waals surface area contributed by atoms with E-state index in [4.69, 9.17) is 10.9 Å². The number of nitrogens with two attached hydrogens (primary N) is 1. The minimum atomic E-state index is 0. The van der Waals surface area contributed by atoms with Crippen LogP contribution >= 0.6 is 12.4 Å². The highest BCUT2D eigenvalue weighted by Gasteiger charge is 1.97. The summed E-state index contributed by atoms with van der Waals surface area (Å²) in [5, 5.41) is 11.0. The summed E-state index contributed by atoms with van der Waals surface area (Å²) in [6, 6.07) is 0. The van der Waals surface area contributed by atoms with Crippen LogP contribution < -0.4 is 5.73 Å². The lowest BCUT2D eigenvalue weighted by Crippen LogP contribution is -2.00. The fourth-order valence-electron chi connectivity index (χ4n) is 0.659. The van der Waals surface area contributed by atoms with Crippen LogP contribution in [0.25, 0.3) is 0 Å². The maximum absolute atomic E-state index is 8.17. The van der Waals surface area contributed by atoms with Gasteiger partial charge in [-0.2, -0.15) is 0 Å². The average molecular weight is 189 g/mol. The van der Waals surface area contributed by atoms with E-state index < -0.39 is 0 Å². The molecule has 0 aliphatic heterocycles. The van der Waals surface area contributed by atoms with Gasteiger partial charge in [0.15, 0.2) is 0 Å². The van der Waals surface area contributed by atoms with Gasteiger partial charge in [-0.25, -0.2) is 9.97 Å². The van der Waals surface area contributed by atoms with E-state index in [1.165, 1.54) is 12.4 Å². The standard InChI is InChI=1S/C6H8N4O.ClH/c1-4-8-2-5(3-9-11)6(7)10-4;/h2-3,11H,1H3,(H2,7,8,10);1H. The highest BCUT2D eigenvalue weighted by molar-refractivity contribution is 5.85. The number of hydrogen-bond acceptors (Lipinski definition) is 5. The molecule has 0 saturated heterocycles. The summed E-state index contributed by atoms with van der Waals surface area (Å²) in [4.78, 5) is 7.72. The molecule has 1 rings (SSSR count). The number of rotatable bonds is 1. The van der Waals surface area contributed by atoms with E-state index in [0.29, 0.717) is 17.2 Å². The molecule has 0 aromatic carbocycles. The molecule has 12 heavy (non-hydrogen) atoms. The van der Waals surface area contributed by atoms with Gasteiger partial charge in [-0.1, -0.05) is 5.16 Å². The number of nitrogen functional groups attached to an aromatic ring is 1. The predicted octanol–water partition coefficient (Wildman–Crippen LogP) is 0.597. The largest absolute Gasteiger partial charge is 0.411 e. The molecule has 0 aliphatic rings. The minimum Gasteiger partial charge on any atom is -0.411 e. The fourth-order valence-corrected chi connectivity index (χ4v) is 0.659. The Morgan fingerprint density at radius 3 is 2.83 bits per heavy atom. The highest BCUT2D eigenvalue weighted by atomic mass is 35.5. The molecule has 3 N–H and O–H groups in total. The van der Waals surface area contributed by atoms with Crippen molar-refractivity contribution in [1.29, 1.82) is 0 Å². The van der Waals surface area contributed by atoms with E-state index in [1.807, 2.05) is 0 Å². The number of halogens is 1. The van der Waals surface area contributed by atoms with Crippen molar-refractivity contribution < 1.29 is 5.21 Å². The van der Waals surface area contributed by atoms with Gasteiger partial charge in [0.1, 0.15) is 11.6 Å². The van der Waals surface area contributed by atoms with Crippen molar-refractivity contribution in [3.8, 4) is 0 Å². The van der Waals surface area contributed by atoms with Gasteiger partial charge in [0.25, 0.3) is 0 Å². The Labute approximate surface area is 75.7 Å². The number of nitrogens with zero attached hydrogens (tertiary/aromatic N) is 3. The molecular formula is C6H9ClN4O.